The summed E-state index contributed by atoms with van der Waals surface area (Å²) in [4.78, 5) is 4.71. The third-order valence-corrected chi connectivity index (χ3v) is 14.5. The Morgan fingerprint density at radius 1 is 0.371 bits per heavy atom. The van der Waals surface area contributed by atoms with Crippen molar-refractivity contribution in [3.05, 3.63) is 301 Å². The van der Waals surface area contributed by atoms with Crippen LogP contribution in [0.1, 0.15) is 35.1 Å². The van der Waals surface area contributed by atoms with Gasteiger partial charge in [0.1, 0.15) is 0 Å². The molecule has 0 amide bonds. The first-order chi connectivity index (χ1) is 34.7. The first-order valence-electron chi connectivity index (χ1n) is 24.4. The molecule has 1 unspecified atom stereocenters. The summed E-state index contributed by atoms with van der Waals surface area (Å²) in [5.41, 5.74) is 20.1. The third kappa shape index (κ3) is 6.81. The Morgan fingerprint density at radius 2 is 0.843 bits per heavy atom. The molecule has 3 heteroatoms. The van der Waals surface area contributed by atoms with Gasteiger partial charge < -0.3 is 14.4 Å². The van der Waals surface area contributed by atoms with Gasteiger partial charge in [-0.3, -0.25) is 0 Å². The van der Waals surface area contributed by atoms with Crippen LogP contribution in [0.15, 0.2) is 279 Å². The van der Waals surface area contributed by atoms with Gasteiger partial charge in [0.15, 0.2) is 0 Å². The Morgan fingerprint density at radius 3 is 1.47 bits per heavy atom. The SMILES string of the molecule is C1=CC2=C(CC1)c1ccccc1C2(c1ccccc1)c1ccc2c(c1)c1cc(N(c3ccccc3)c3ccccc3)ccc1n2-c1ccc(N(c2ccccc2)c2ccc(-c3ccccc3)cc2)cc1. The highest BCUT2D eigenvalue weighted by Gasteiger charge is 2.47. The lowest BCUT2D eigenvalue weighted by molar-refractivity contribution is 0.758. The van der Waals surface area contributed by atoms with Gasteiger partial charge in [0.2, 0.25) is 0 Å². The van der Waals surface area contributed by atoms with E-state index in [1.807, 2.05) is 0 Å². The largest absolute Gasteiger partial charge is 0.311 e. The summed E-state index contributed by atoms with van der Waals surface area (Å²) in [6.07, 6.45) is 6.89. The molecule has 0 radical (unpaired) electrons. The maximum absolute atomic E-state index is 2.51. The standard InChI is InChI=1S/C67H49N3/c1-6-20-48(21-7-1)49-34-37-55(38-35-49)68(52-24-10-3-11-25-52)56-39-41-57(42-40-56)70-65-44-36-51(67(50-22-8-2-9-23-50)63-32-18-16-30-59(63)60-31-17-19-33-64(60)67)46-61(65)62-47-58(43-45-66(62)70)69(53-26-12-4-13-27-53)54-28-14-5-15-29-54/h1-16,18-30,32-47H,17,31H2. The van der Waals surface area contributed by atoms with Crippen LogP contribution in [-0.4, -0.2) is 4.57 Å². The molecule has 70 heavy (non-hydrogen) atoms. The molecular weight excluding hydrogens is 847 g/mol. The summed E-state index contributed by atoms with van der Waals surface area (Å²) < 4.78 is 2.46. The van der Waals surface area contributed by atoms with E-state index in [2.05, 4.69) is 287 Å². The van der Waals surface area contributed by atoms with Crippen LogP contribution in [0.5, 0.6) is 0 Å². The van der Waals surface area contributed by atoms with Gasteiger partial charge in [-0.15, -0.1) is 0 Å². The fourth-order valence-corrected chi connectivity index (χ4v) is 11.5. The van der Waals surface area contributed by atoms with Crippen LogP contribution in [0.2, 0.25) is 0 Å². The lowest BCUT2D eigenvalue weighted by Crippen LogP contribution is -2.29. The predicted octanol–water partition coefficient (Wildman–Crippen LogP) is 17.8. The van der Waals surface area contributed by atoms with Crippen molar-refractivity contribution < 1.29 is 0 Å². The Hall–Kier alpha value is -8.92. The zero-order valence-electron chi connectivity index (χ0n) is 38.7. The highest BCUT2D eigenvalue weighted by Crippen LogP contribution is 2.57. The minimum Gasteiger partial charge on any atom is -0.311 e. The molecule has 0 fully saturated rings. The molecule has 0 saturated heterocycles. The molecule has 0 spiro atoms. The fourth-order valence-electron chi connectivity index (χ4n) is 11.5. The van der Waals surface area contributed by atoms with E-state index < -0.39 is 5.41 Å². The van der Waals surface area contributed by atoms with E-state index in [-0.39, 0.29) is 0 Å². The van der Waals surface area contributed by atoms with Crippen molar-refractivity contribution in [3.63, 3.8) is 0 Å². The van der Waals surface area contributed by atoms with Crippen molar-refractivity contribution in [2.75, 3.05) is 9.80 Å². The zero-order valence-corrected chi connectivity index (χ0v) is 38.7. The maximum Gasteiger partial charge on any atom is 0.0710 e. The van der Waals surface area contributed by atoms with Crippen LogP contribution in [0, 0.1) is 0 Å². The Labute approximate surface area is 409 Å². The number of anilines is 6. The quantitative estimate of drug-likeness (QED) is 0.136. The summed E-state index contributed by atoms with van der Waals surface area (Å²) in [5, 5.41) is 2.41. The van der Waals surface area contributed by atoms with Gasteiger partial charge in [0.25, 0.3) is 0 Å². The number of nitrogens with zero attached hydrogens (tertiary/aromatic N) is 3. The number of fused-ring (bicyclic) bond motifs is 5. The minimum atomic E-state index is -0.480. The lowest BCUT2D eigenvalue weighted by Gasteiger charge is -2.35. The van der Waals surface area contributed by atoms with E-state index in [0.29, 0.717) is 0 Å². The summed E-state index contributed by atoms with van der Waals surface area (Å²) in [6, 6.07) is 95.4. The third-order valence-electron chi connectivity index (χ3n) is 14.5. The number of hydrogen-bond donors (Lipinski definition) is 0. The maximum atomic E-state index is 2.51. The molecule has 0 bridgehead atoms. The summed E-state index contributed by atoms with van der Waals surface area (Å²) in [7, 11) is 0. The molecule has 3 nitrogen and oxygen atoms in total. The van der Waals surface area contributed by atoms with Gasteiger partial charge in [-0.05, 0) is 160 Å². The molecule has 2 aliphatic carbocycles. The molecule has 0 N–H and O–H groups in total. The average Bonchev–Trinajstić information content (AvgIpc) is 3.93. The van der Waals surface area contributed by atoms with Crippen molar-refractivity contribution in [1.82, 2.24) is 4.57 Å². The second-order valence-electron chi connectivity index (χ2n) is 18.4. The van der Waals surface area contributed by atoms with Crippen LogP contribution >= 0.6 is 0 Å². The second-order valence-corrected chi connectivity index (χ2v) is 18.4. The number of aromatic nitrogens is 1. The fraction of sp³-hybridized carbons (Fsp3) is 0.0448. The minimum absolute atomic E-state index is 0.480. The van der Waals surface area contributed by atoms with Gasteiger partial charge in [0, 0.05) is 50.6 Å². The van der Waals surface area contributed by atoms with Crippen molar-refractivity contribution >= 4 is 61.5 Å². The molecule has 11 aromatic rings. The van der Waals surface area contributed by atoms with Crippen molar-refractivity contribution in [3.8, 4) is 16.8 Å². The number of rotatable bonds is 10. The Bertz CT molecular complexity index is 3690. The van der Waals surface area contributed by atoms with Gasteiger partial charge in [-0.25, -0.2) is 0 Å². The number of hydrogen-bond acceptors (Lipinski definition) is 2. The molecule has 0 saturated carbocycles. The van der Waals surface area contributed by atoms with Crippen LogP contribution in [0.3, 0.4) is 0 Å². The molecule has 0 aliphatic heterocycles. The molecule has 1 heterocycles. The first-order valence-corrected chi connectivity index (χ1v) is 24.4. The first kappa shape index (κ1) is 41.3. The van der Waals surface area contributed by atoms with Gasteiger partial charge >= 0.3 is 0 Å². The topological polar surface area (TPSA) is 11.4 Å². The van der Waals surface area contributed by atoms with E-state index in [0.717, 1.165) is 63.7 Å². The van der Waals surface area contributed by atoms with E-state index in [1.165, 1.54) is 55.3 Å². The van der Waals surface area contributed by atoms with E-state index in [9.17, 15) is 0 Å². The molecule has 13 rings (SSSR count). The average molecular weight is 896 g/mol. The van der Waals surface area contributed by atoms with Crippen molar-refractivity contribution in [2.45, 2.75) is 18.3 Å². The number of para-hydroxylation sites is 3. The van der Waals surface area contributed by atoms with Crippen molar-refractivity contribution in [2.24, 2.45) is 0 Å². The van der Waals surface area contributed by atoms with Crippen LogP contribution in [-0.2, 0) is 5.41 Å². The molecule has 2 aliphatic rings. The van der Waals surface area contributed by atoms with Crippen LogP contribution < -0.4 is 9.80 Å². The van der Waals surface area contributed by atoms with Crippen molar-refractivity contribution in [1.29, 1.82) is 0 Å². The van der Waals surface area contributed by atoms with E-state index in [4.69, 9.17) is 0 Å². The number of allylic oxidation sites excluding steroid dienone is 4. The monoisotopic (exact) mass is 895 g/mol. The predicted molar refractivity (Wildman–Crippen MR) is 294 cm³/mol. The van der Waals surface area contributed by atoms with E-state index >= 15 is 0 Å². The second kappa shape index (κ2) is 17.3. The summed E-state index contributed by atoms with van der Waals surface area (Å²) >= 11 is 0. The summed E-state index contributed by atoms with van der Waals surface area (Å²) in [6.45, 7) is 0. The highest BCUT2D eigenvalue weighted by molar-refractivity contribution is 6.11. The molecule has 1 atom stereocenters. The molecular formula is C67H49N3. The van der Waals surface area contributed by atoms with Gasteiger partial charge in [0.05, 0.1) is 16.4 Å². The smallest absolute Gasteiger partial charge is 0.0710 e. The lowest BCUT2D eigenvalue weighted by atomic mass is 9.66. The molecule has 10 aromatic carbocycles. The molecule has 1 aromatic heterocycles. The normalized spacial score (nSPS) is 15.0. The van der Waals surface area contributed by atoms with Crippen LogP contribution in [0.4, 0.5) is 34.1 Å². The zero-order chi connectivity index (χ0) is 46.4. The van der Waals surface area contributed by atoms with Gasteiger partial charge in [-0.2, -0.15) is 0 Å². The summed E-state index contributed by atoms with van der Waals surface area (Å²) in [5.74, 6) is 0. The van der Waals surface area contributed by atoms with Crippen LogP contribution in [0.25, 0.3) is 44.2 Å². The Kier molecular flexibility index (Phi) is 10.2. The van der Waals surface area contributed by atoms with E-state index in [1.54, 1.807) is 0 Å². The number of benzene rings is 10. The Balaban J connectivity index is 1.01. The highest BCUT2D eigenvalue weighted by atomic mass is 15.1. The molecule has 332 valence electrons. The van der Waals surface area contributed by atoms with Gasteiger partial charge in [-0.1, -0.05) is 170 Å².